The lowest BCUT2D eigenvalue weighted by Crippen LogP contribution is -2.22. The third kappa shape index (κ3) is 6.13. The first-order valence-corrected chi connectivity index (χ1v) is 10.7. The number of aromatic nitrogens is 2. The second-order valence-corrected chi connectivity index (χ2v) is 7.49. The number of pyridine rings is 1. The van der Waals surface area contributed by atoms with Gasteiger partial charge in [0, 0.05) is 35.4 Å². The Morgan fingerprint density at radius 2 is 1.81 bits per heavy atom. The fourth-order valence-electron chi connectivity index (χ4n) is 2.83. The van der Waals surface area contributed by atoms with Crippen molar-refractivity contribution in [3.63, 3.8) is 0 Å². The minimum Gasteiger partial charge on any atom is -0.489 e. The molecule has 0 fully saturated rings. The van der Waals surface area contributed by atoms with Gasteiger partial charge in [0.05, 0.1) is 11.2 Å². The van der Waals surface area contributed by atoms with Crippen molar-refractivity contribution in [1.82, 2.24) is 15.3 Å². The molecule has 0 aliphatic rings. The molecule has 0 spiro atoms. The van der Waals surface area contributed by atoms with Gasteiger partial charge in [-0.15, -0.1) is 11.3 Å². The van der Waals surface area contributed by atoms with Gasteiger partial charge < -0.3 is 14.8 Å². The van der Waals surface area contributed by atoms with Crippen LogP contribution < -0.4 is 14.8 Å². The van der Waals surface area contributed by atoms with Crippen molar-refractivity contribution in [3.8, 4) is 11.5 Å². The molecule has 6 nitrogen and oxygen atoms in total. The number of hydrogen-bond acceptors (Lipinski definition) is 6. The zero-order chi connectivity index (χ0) is 21.3. The standard InChI is InChI=1S/C24H21N3O3S/c28-24(20-4-1-5-23(11-20)30-15-21-16-31-17-27-21)26-13-18-6-8-22(9-7-18)29-14-19-3-2-10-25-12-19/h1-12,16-17H,13-15H2,(H,26,28). The van der Waals surface area contributed by atoms with Gasteiger partial charge in [-0.3, -0.25) is 9.78 Å². The van der Waals surface area contributed by atoms with Gasteiger partial charge in [-0.1, -0.05) is 24.3 Å². The first-order valence-electron chi connectivity index (χ1n) is 9.75. The first-order chi connectivity index (χ1) is 15.3. The fraction of sp³-hybridized carbons (Fsp3) is 0.125. The Morgan fingerprint density at radius 1 is 0.935 bits per heavy atom. The topological polar surface area (TPSA) is 73.3 Å². The quantitative estimate of drug-likeness (QED) is 0.418. The summed E-state index contributed by atoms with van der Waals surface area (Å²) in [6.45, 7) is 1.26. The van der Waals surface area contributed by atoms with Gasteiger partial charge in [-0.2, -0.15) is 0 Å². The van der Waals surface area contributed by atoms with E-state index >= 15 is 0 Å². The summed E-state index contributed by atoms with van der Waals surface area (Å²) in [5.41, 5.74) is 5.18. The summed E-state index contributed by atoms with van der Waals surface area (Å²) in [4.78, 5) is 20.8. The summed E-state index contributed by atoms with van der Waals surface area (Å²) in [5, 5.41) is 4.87. The molecular formula is C24H21N3O3S. The average molecular weight is 432 g/mol. The van der Waals surface area contributed by atoms with Crippen LogP contribution in [0.25, 0.3) is 0 Å². The van der Waals surface area contributed by atoms with Gasteiger partial charge in [0.25, 0.3) is 5.91 Å². The zero-order valence-corrected chi connectivity index (χ0v) is 17.5. The number of ether oxygens (including phenoxy) is 2. The van der Waals surface area contributed by atoms with E-state index in [1.165, 1.54) is 11.3 Å². The molecule has 0 aliphatic carbocycles. The summed E-state index contributed by atoms with van der Waals surface area (Å²) in [7, 11) is 0. The number of carbonyl (C=O) groups is 1. The minimum atomic E-state index is -0.156. The molecule has 2 aromatic carbocycles. The number of thiazole rings is 1. The van der Waals surface area contributed by atoms with Gasteiger partial charge in [-0.25, -0.2) is 4.98 Å². The van der Waals surface area contributed by atoms with Crippen molar-refractivity contribution in [2.75, 3.05) is 0 Å². The van der Waals surface area contributed by atoms with Crippen LogP contribution in [-0.4, -0.2) is 15.9 Å². The molecule has 2 aromatic heterocycles. The van der Waals surface area contributed by atoms with E-state index in [2.05, 4.69) is 15.3 Å². The number of nitrogens with zero attached hydrogens (tertiary/aromatic N) is 2. The third-order valence-electron chi connectivity index (χ3n) is 4.47. The summed E-state index contributed by atoms with van der Waals surface area (Å²) < 4.78 is 11.5. The Kier molecular flexibility index (Phi) is 6.87. The molecule has 0 radical (unpaired) electrons. The largest absolute Gasteiger partial charge is 0.489 e. The lowest BCUT2D eigenvalue weighted by molar-refractivity contribution is 0.0950. The van der Waals surface area contributed by atoms with Gasteiger partial charge in [0.1, 0.15) is 24.7 Å². The number of benzene rings is 2. The smallest absolute Gasteiger partial charge is 0.251 e. The normalized spacial score (nSPS) is 10.5. The van der Waals surface area contributed by atoms with Crippen molar-refractivity contribution in [2.24, 2.45) is 0 Å². The molecule has 4 aromatic rings. The van der Waals surface area contributed by atoms with Crippen LogP contribution in [0.1, 0.15) is 27.2 Å². The Morgan fingerprint density at radius 3 is 2.58 bits per heavy atom. The van der Waals surface area contributed by atoms with E-state index in [1.807, 2.05) is 47.8 Å². The minimum absolute atomic E-state index is 0.156. The number of amides is 1. The average Bonchev–Trinajstić information content (AvgIpc) is 3.35. The molecule has 156 valence electrons. The van der Waals surface area contributed by atoms with E-state index in [1.54, 1.807) is 36.1 Å². The van der Waals surface area contributed by atoms with Crippen molar-refractivity contribution >= 4 is 17.2 Å². The SMILES string of the molecule is O=C(NCc1ccc(OCc2cccnc2)cc1)c1cccc(OCc2cscn2)c1. The van der Waals surface area contributed by atoms with Crippen LogP contribution in [-0.2, 0) is 19.8 Å². The highest BCUT2D eigenvalue weighted by atomic mass is 32.1. The number of carbonyl (C=O) groups excluding carboxylic acids is 1. The van der Waals surface area contributed by atoms with Gasteiger partial charge in [0.2, 0.25) is 0 Å². The maximum atomic E-state index is 12.5. The Balaban J connectivity index is 1.26. The highest BCUT2D eigenvalue weighted by Crippen LogP contribution is 2.17. The van der Waals surface area contributed by atoms with Crippen molar-refractivity contribution in [1.29, 1.82) is 0 Å². The predicted octanol–water partition coefficient (Wildman–Crippen LogP) is 4.63. The Bertz CT molecular complexity index is 1100. The molecular weight excluding hydrogens is 410 g/mol. The molecule has 1 amide bonds. The van der Waals surface area contributed by atoms with Gasteiger partial charge >= 0.3 is 0 Å². The Labute approximate surface area is 184 Å². The maximum Gasteiger partial charge on any atom is 0.251 e. The Hall–Kier alpha value is -3.71. The molecule has 4 rings (SSSR count). The molecule has 0 bridgehead atoms. The summed E-state index contributed by atoms with van der Waals surface area (Å²) >= 11 is 1.52. The highest BCUT2D eigenvalue weighted by Gasteiger charge is 2.07. The van der Waals surface area contributed by atoms with Crippen molar-refractivity contribution in [2.45, 2.75) is 19.8 Å². The van der Waals surface area contributed by atoms with E-state index in [9.17, 15) is 4.79 Å². The molecule has 7 heteroatoms. The van der Waals surface area contributed by atoms with Gasteiger partial charge in [0.15, 0.2) is 0 Å². The van der Waals surface area contributed by atoms with Crippen LogP contribution in [0.15, 0.2) is 83.9 Å². The molecule has 0 saturated heterocycles. The summed E-state index contributed by atoms with van der Waals surface area (Å²) in [6.07, 6.45) is 3.52. The van der Waals surface area contributed by atoms with E-state index in [0.717, 1.165) is 22.6 Å². The van der Waals surface area contributed by atoms with Gasteiger partial charge in [-0.05, 0) is 42.0 Å². The molecule has 0 atom stereocenters. The lowest BCUT2D eigenvalue weighted by Gasteiger charge is -2.09. The zero-order valence-electron chi connectivity index (χ0n) is 16.7. The van der Waals surface area contributed by atoms with Crippen LogP contribution in [0, 0.1) is 0 Å². The van der Waals surface area contributed by atoms with E-state index < -0.39 is 0 Å². The van der Waals surface area contributed by atoms with Crippen molar-refractivity contribution < 1.29 is 14.3 Å². The molecule has 0 saturated carbocycles. The fourth-order valence-corrected chi connectivity index (χ4v) is 3.37. The monoisotopic (exact) mass is 431 g/mol. The van der Waals surface area contributed by atoms with Crippen LogP contribution in [0.2, 0.25) is 0 Å². The molecule has 1 N–H and O–H groups in total. The van der Waals surface area contributed by atoms with E-state index in [0.29, 0.717) is 31.1 Å². The number of nitrogens with one attached hydrogen (secondary N) is 1. The highest BCUT2D eigenvalue weighted by molar-refractivity contribution is 7.07. The molecule has 31 heavy (non-hydrogen) atoms. The number of hydrogen-bond donors (Lipinski definition) is 1. The van der Waals surface area contributed by atoms with Crippen LogP contribution >= 0.6 is 11.3 Å². The maximum absolute atomic E-state index is 12.5. The van der Waals surface area contributed by atoms with E-state index in [4.69, 9.17) is 9.47 Å². The first kappa shape index (κ1) is 20.6. The van der Waals surface area contributed by atoms with Crippen molar-refractivity contribution in [3.05, 3.63) is 106 Å². The van der Waals surface area contributed by atoms with Crippen LogP contribution in [0.4, 0.5) is 0 Å². The van der Waals surface area contributed by atoms with Crippen LogP contribution in [0.3, 0.4) is 0 Å². The predicted molar refractivity (Wildman–Crippen MR) is 119 cm³/mol. The van der Waals surface area contributed by atoms with E-state index in [-0.39, 0.29) is 5.91 Å². The second-order valence-electron chi connectivity index (χ2n) is 6.77. The molecule has 0 aliphatic heterocycles. The molecule has 0 unspecified atom stereocenters. The summed E-state index contributed by atoms with van der Waals surface area (Å²) in [5.74, 6) is 1.25. The number of rotatable bonds is 9. The molecule has 2 heterocycles. The lowest BCUT2D eigenvalue weighted by atomic mass is 10.2. The third-order valence-corrected chi connectivity index (χ3v) is 5.11. The summed E-state index contributed by atoms with van der Waals surface area (Å²) in [6, 6.07) is 18.6. The second kappa shape index (κ2) is 10.4. The van der Waals surface area contributed by atoms with Crippen LogP contribution in [0.5, 0.6) is 11.5 Å².